The topological polar surface area (TPSA) is 0 Å². The predicted molar refractivity (Wildman–Crippen MR) is 33.5 cm³/mol. The molecule has 32 valence electrons. The van der Waals surface area contributed by atoms with Crippen LogP contribution in [0.4, 0.5) is 0 Å². The first kappa shape index (κ1) is 10.6. The average molecular weight is 395 g/mol. The molecule has 0 heterocycles. The molecule has 5 heavy (non-hydrogen) atoms. The molecule has 0 saturated carbocycles. The van der Waals surface area contributed by atoms with Crippen molar-refractivity contribution >= 4 is 30.5 Å². The zero-order valence-electron chi connectivity index (χ0n) is 1.71. The minimum absolute atomic E-state index is 0. The van der Waals surface area contributed by atoms with Crippen molar-refractivity contribution in [3.05, 3.63) is 0 Å². The van der Waals surface area contributed by atoms with Gasteiger partial charge in [-0.3, -0.25) is 0 Å². The fourth-order valence-electron chi connectivity index (χ4n) is 0. The van der Waals surface area contributed by atoms with Crippen molar-refractivity contribution in [3.63, 3.8) is 0 Å². The molecule has 0 fully saturated rings. The summed E-state index contributed by atoms with van der Waals surface area (Å²) in [6.07, 6.45) is 0. The normalized spacial score (nSPS) is 5.40. The Morgan fingerprint density at radius 3 is 1.00 bits per heavy atom. The Labute approximate surface area is 57.9 Å². The van der Waals surface area contributed by atoms with Crippen LogP contribution in [0.2, 0.25) is 0 Å². The monoisotopic (exact) mass is 392 g/mol. The van der Waals surface area contributed by atoms with E-state index in [2.05, 4.69) is 30.5 Å². The van der Waals surface area contributed by atoms with Crippen LogP contribution in [0, 0.1) is 21.5 Å². The van der Waals surface area contributed by atoms with E-state index < -0.39 is 21.5 Å². The summed E-state index contributed by atoms with van der Waals surface area (Å²) in [6.45, 7) is 0. The second kappa shape index (κ2) is 6.63. The van der Waals surface area contributed by atoms with E-state index >= 15 is 0 Å². The van der Waals surface area contributed by atoms with Crippen LogP contribution in [0.5, 0.6) is 0 Å². The standard InChI is InChI=1S/CH4.3BrH.La/h1H4;3*1H;/q;;;;+3/p-3. The van der Waals surface area contributed by atoms with E-state index in [4.69, 9.17) is 0 Å². The molecular formula is CH4Br3La. The van der Waals surface area contributed by atoms with Gasteiger partial charge in [0.25, 0.3) is 0 Å². The Bertz CT molecular complexity index is 11.6. The molecule has 0 spiro atoms. The molecule has 0 atom stereocenters. The summed E-state index contributed by atoms with van der Waals surface area (Å²) in [4.78, 5) is 0. The molecule has 0 amide bonds. The Hall–Kier alpha value is 2.63. The third-order valence-electron chi connectivity index (χ3n) is 0. The van der Waals surface area contributed by atoms with E-state index in [1.807, 2.05) is 0 Å². The molecule has 0 bridgehead atoms. The van der Waals surface area contributed by atoms with E-state index in [1.54, 1.807) is 0 Å². The van der Waals surface area contributed by atoms with Gasteiger partial charge >= 0.3 is 52.0 Å². The molecule has 0 unspecified atom stereocenters. The van der Waals surface area contributed by atoms with Gasteiger partial charge in [-0.2, -0.15) is 0 Å². The van der Waals surface area contributed by atoms with Crippen molar-refractivity contribution in [1.82, 2.24) is 0 Å². The van der Waals surface area contributed by atoms with E-state index in [9.17, 15) is 0 Å². The Morgan fingerprint density at radius 1 is 1.00 bits per heavy atom. The Morgan fingerprint density at radius 2 is 1.00 bits per heavy atom. The number of rotatable bonds is 0. The van der Waals surface area contributed by atoms with Gasteiger partial charge < -0.3 is 0 Å². The molecule has 0 aromatic heterocycles. The van der Waals surface area contributed by atoms with E-state index in [0.717, 1.165) is 0 Å². The van der Waals surface area contributed by atoms with Crippen molar-refractivity contribution in [2.45, 2.75) is 7.43 Å². The van der Waals surface area contributed by atoms with Crippen molar-refractivity contribution < 1.29 is 21.5 Å². The van der Waals surface area contributed by atoms with Crippen molar-refractivity contribution in [2.24, 2.45) is 0 Å². The summed E-state index contributed by atoms with van der Waals surface area (Å²) in [5, 5.41) is 0. The van der Waals surface area contributed by atoms with Crippen LogP contribution >= 0.6 is 30.5 Å². The Kier molecular flexibility index (Phi) is 14.0. The third-order valence-corrected chi connectivity index (χ3v) is 0. The van der Waals surface area contributed by atoms with Gasteiger partial charge in [0, 0.05) is 0 Å². The molecule has 0 aromatic rings. The molecule has 0 aliphatic heterocycles. The third kappa shape index (κ3) is 20.5. The molecule has 0 aromatic carbocycles. The van der Waals surface area contributed by atoms with Crippen LogP contribution < -0.4 is 0 Å². The van der Waals surface area contributed by atoms with Gasteiger partial charge in [-0.25, -0.2) is 0 Å². The summed E-state index contributed by atoms with van der Waals surface area (Å²) in [6, 6.07) is 0. The summed E-state index contributed by atoms with van der Waals surface area (Å²) >= 11 is -1.28. The molecular weight excluding hydrogens is 391 g/mol. The number of halogens is 3. The minimum atomic E-state index is -1.28. The van der Waals surface area contributed by atoms with Gasteiger partial charge in [-0.15, -0.1) is 0 Å². The second-order valence-corrected chi connectivity index (χ2v) is 48.6. The van der Waals surface area contributed by atoms with Crippen molar-refractivity contribution in [2.75, 3.05) is 0 Å². The molecule has 0 aliphatic rings. The fourth-order valence-corrected chi connectivity index (χ4v) is 0. The van der Waals surface area contributed by atoms with Gasteiger partial charge in [-0.05, 0) is 0 Å². The fraction of sp³-hybridized carbons (Fsp3) is 1.00. The first-order valence-electron chi connectivity index (χ1n) is 0.655. The van der Waals surface area contributed by atoms with Crippen molar-refractivity contribution in [1.29, 1.82) is 0 Å². The van der Waals surface area contributed by atoms with E-state index in [-0.39, 0.29) is 7.43 Å². The zero-order chi connectivity index (χ0) is 3.58. The van der Waals surface area contributed by atoms with Crippen LogP contribution in [-0.2, 0) is 0 Å². The molecule has 0 rings (SSSR count). The second-order valence-electron chi connectivity index (χ2n) is 0.247. The zero-order valence-corrected chi connectivity index (χ0v) is 10.1. The molecule has 0 aliphatic carbocycles. The van der Waals surface area contributed by atoms with Gasteiger partial charge in [0.2, 0.25) is 0 Å². The predicted octanol–water partition coefficient (Wildman–Crippen LogP) is 3.17. The van der Waals surface area contributed by atoms with Gasteiger partial charge in [0.05, 0.1) is 0 Å². The van der Waals surface area contributed by atoms with Crippen molar-refractivity contribution in [3.8, 4) is 0 Å². The number of hydrogen-bond donors (Lipinski definition) is 0. The first-order chi connectivity index (χ1) is 1.73. The molecule has 4 heteroatoms. The van der Waals surface area contributed by atoms with Gasteiger partial charge in [-0.1, -0.05) is 7.43 Å². The van der Waals surface area contributed by atoms with Crippen LogP contribution in [0.15, 0.2) is 0 Å². The number of hydrogen-bond acceptors (Lipinski definition) is 0. The SMILES string of the molecule is C.[Br][La]([Br])[Br]. The Balaban J connectivity index is 0. The van der Waals surface area contributed by atoms with Gasteiger partial charge in [0.1, 0.15) is 0 Å². The summed E-state index contributed by atoms with van der Waals surface area (Å²) in [5.74, 6) is 0. The molecule has 0 radical (unpaired) electrons. The maximum atomic E-state index is 3.33. The van der Waals surface area contributed by atoms with Crippen LogP contribution in [0.25, 0.3) is 0 Å². The molecule has 0 nitrogen and oxygen atoms in total. The summed E-state index contributed by atoms with van der Waals surface area (Å²) in [5.41, 5.74) is 0. The molecule has 0 N–H and O–H groups in total. The van der Waals surface area contributed by atoms with Gasteiger partial charge in [0.15, 0.2) is 0 Å². The van der Waals surface area contributed by atoms with E-state index in [0.29, 0.717) is 0 Å². The van der Waals surface area contributed by atoms with Crippen LogP contribution in [-0.4, -0.2) is 0 Å². The first-order valence-corrected chi connectivity index (χ1v) is 24.8. The van der Waals surface area contributed by atoms with E-state index in [1.165, 1.54) is 0 Å². The summed E-state index contributed by atoms with van der Waals surface area (Å²) in [7, 11) is 9.98. The molecule has 0 saturated heterocycles. The quantitative estimate of drug-likeness (QED) is 0.592. The van der Waals surface area contributed by atoms with Crippen LogP contribution in [0.3, 0.4) is 0 Å². The van der Waals surface area contributed by atoms with Crippen LogP contribution in [0.1, 0.15) is 7.43 Å². The maximum absolute atomic E-state index is 3.33. The average Bonchev–Trinajstić information content (AvgIpc) is 0.811. The summed E-state index contributed by atoms with van der Waals surface area (Å²) < 4.78 is 0.